The van der Waals surface area contributed by atoms with Crippen molar-refractivity contribution >= 4 is 23.2 Å². The fourth-order valence-electron chi connectivity index (χ4n) is 2.10. The molecule has 0 bridgehead atoms. The standard InChI is InChI=1S/C17H16ClF3N2O/c1-23(2)16(24)14-8-7-13(18)9-15(14)22-10-11-3-5-12(6-4-11)17(19,20)21/h3-9,22H,10H2,1-2H3. The van der Waals surface area contributed by atoms with Crippen LogP contribution in [0.25, 0.3) is 0 Å². The first-order chi connectivity index (χ1) is 11.2. The number of nitrogens with zero attached hydrogens (tertiary/aromatic N) is 1. The summed E-state index contributed by atoms with van der Waals surface area (Å²) in [6, 6.07) is 9.69. The van der Waals surface area contributed by atoms with E-state index in [0.29, 0.717) is 21.8 Å². The van der Waals surface area contributed by atoms with Crippen LogP contribution in [0.1, 0.15) is 21.5 Å². The lowest BCUT2D eigenvalue weighted by molar-refractivity contribution is -0.137. The Labute approximate surface area is 143 Å². The normalized spacial score (nSPS) is 11.2. The van der Waals surface area contributed by atoms with E-state index in [4.69, 9.17) is 11.6 Å². The summed E-state index contributed by atoms with van der Waals surface area (Å²) in [6.45, 7) is 0.270. The highest BCUT2D eigenvalue weighted by atomic mass is 35.5. The Hall–Kier alpha value is -2.21. The van der Waals surface area contributed by atoms with Crippen LogP contribution in [0.4, 0.5) is 18.9 Å². The molecule has 0 radical (unpaired) electrons. The van der Waals surface area contributed by atoms with Crippen molar-refractivity contribution in [1.29, 1.82) is 0 Å². The van der Waals surface area contributed by atoms with Crippen molar-refractivity contribution in [3.05, 3.63) is 64.2 Å². The number of hydrogen-bond donors (Lipinski definition) is 1. The third-order valence-corrected chi connectivity index (χ3v) is 3.62. The van der Waals surface area contributed by atoms with Gasteiger partial charge in [-0.05, 0) is 35.9 Å². The van der Waals surface area contributed by atoms with Crippen molar-refractivity contribution in [2.45, 2.75) is 12.7 Å². The van der Waals surface area contributed by atoms with Gasteiger partial charge in [0.15, 0.2) is 0 Å². The van der Waals surface area contributed by atoms with Crippen LogP contribution >= 0.6 is 11.6 Å². The minimum atomic E-state index is -4.36. The number of anilines is 1. The van der Waals surface area contributed by atoms with Crippen molar-refractivity contribution in [2.75, 3.05) is 19.4 Å². The minimum Gasteiger partial charge on any atom is -0.380 e. The highest BCUT2D eigenvalue weighted by Crippen LogP contribution is 2.29. The molecule has 0 saturated carbocycles. The molecule has 0 aromatic heterocycles. The molecule has 1 N–H and O–H groups in total. The summed E-state index contributed by atoms with van der Waals surface area (Å²) in [5.41, 5.74) is 0.932. The van der Waals surface area contributed by atoms with Gasteiger partial charge < -0.3 is 10.2 Å². The van der Waals surface area contributed by atoms with Gasteiger partial charge in [0.2, 0.25) is 0 Å². The Balaban J connectivity index is 2.17. The fourth-order valence-corrected chi connectivity index (χ4v) is 2.27. The Kier molecular flexibility index (Phi) is 5.39. The molecule has 2 aromatic carbocycles. The number of rotatable bonds is 4. The monoisotopic (exact) mass is 356 g/mol. The number of halogens is 4. The van der Waals surface area contributed by atoms with Crippen LogP contribution in [0.15, 0.2) is 42.5 Å². The first-order valence-electron chi connectivity index (χ1n) is 7.09. The molecule has 0 spiro atoms. The number of carbonyl (C=O) groups is 1. The molecule has 24 heavy (non-hydrogen) atoms. The third-order valence-electron chi connectivity index (χ3n) is 3.38. The molecule has 128 valence electrons. The van der Waals surface area contributed by atoms with E-state index in [1.165, 1.54) is 17.0 Å². The van der Waals surface area contributed by atoms with Crippen molar-refractivity contribution in [3.63, 3.8) is 0 Å². The molecule has 0 saturated heterocycles. The van der Waals surface area contributed by atoms with Gasteiger partial charge in [-0.1, -0.05) is 23.7 Å². The maximum Gasteiger partial charge on any atom is 0.416 e. The summed E-state index contributed by atoms with van der Waals surface area (Å²) >= 11 is 5.96. The average molecular weight is 357 g/mol. The van der Waals surface area contributed by atoms with Gasteiger partial charge >= 0.3 is 6.18 Å². The first kappa shape index (κ1) is 18.1. The molecule has 2 aromatic rings. The van der Waals surface area contributed by atoms with Gasteiger partial charge in [-0.3, -0.25) is 4.79 Å². The predicted molar refractivity (Wildman–Crippen MR) is 88.2 cm³/mol. The number of hydrogen-bond acceptors (Lipinski definition) is 2. The minimum absolute atomic E-state index is 0.193. The van der Waals surface area contributed by atoms with Crippen LogP contribution in [-0.4, -0.2) is 24.9 Å². The van der Waals surface area contributed by atoms with Crippen LogP contribution in [0.3, 0.4) is 0 Å². The molecule has 0 aliphatic rings. The molecule has 0 aliphatic heterocycles. The van der Waals surface area contributed by atoms with Gasteiger partial charge in [-0.2, -0.15) is 13.2 Å². The summed E-state index contributed by atoms with van der Waals surface area (Å²) in [6.07, 6.45) is -4.36. The van der Waals surface area contributed by atoms with Crippen LogP contribution < -0.4 is 5.32 Å². The van der Waals surface area contributed by atoms with E-state index < -0.39 is 11.7 Å². The summed E-state index contributed by atoms with van der Waals surface area (Å²) in [5, 5.41) is 3.51. The Morgan fingerprint density at radius 3 is 2.29 bits per heavy atom. The first-order valence-corrected chi connectivity index (χ1v) is 7.47. The second-order valence-electron chi connectivity index (χ2n) is 5.44. The zero-order chi connectivity index (χ0) is 17.9. The lowest BCUT2D eigenvalue weighted by Gasteiger charge is -2.16. The van der Waals surface area contributed by atoms with Crippen molar-refractivity contribution < 1.29 is 18.0 Å². The third kappa shape index (κ3) is 4.41. The van der Waals surface area contributed by atoms with E-state index in [2.05, 4.69) is 5.32 Å². The second kappa shape index (κ2) is 7.13. The fraction of sp³-hybridized carbons (Fsp3) is 0.235. The topological polar surface area (TPSA) is 32.3 Å². The SMILES string of the molecule is CN(C)C(=O)c1ccc(Cl)cc1NCc1ccc(C(F)(F)F)cc1. The van der Waals surface area contributed by atoms with Crippen molar-refractivity contribution in [2.24, 2.45) is 0 Å². The van der Waals surface area contributed by atoms with Crippen LogP contribution in [0.5, 0.6) is 0 Å². The van der Waals surface area contributed by atoms with Crippen LogP contribution in [-0.2, 0) is 12.7 Å². The molecular formula is C17H16ClF3N2O. The predicted octanol–water partition coefficient (Wildman–Crippen LogP) is 4.67. The second-order valence-corrected chi connectivity index (χ2v) is 5.87. The zero-order valence-electron chi connectivity index (χ0n) is 13.1. The van der Waals surface area contributed by atoms with E-state index in [0.717, 1.165) is 12.1 Å². The molecule has 1 amide bonds. The quantitative estimate of drug-likeness (QED) is 0.863. The van der Waals surface area contributed by atoms with E-state index in [1.807, 2.05) is 0 Å². The van der Waals surface area contributed by atoms with Crippen LogP contribution in [0, 0.1) is 0 Å². The smallest absolute Gasteiger partial charge is 0.380 e. The molecule has 2 rings (SSSR count). The lowest BCUT2D eigenvalue weighted by atomic mass is 10.1. The molecule has 0 fully saturated rings. The van der Waals surface area contributed by atoms with Gasteiger partial charge in [0.1, 0.15) is 0 Å². The maximum atomic E-state index is 12.6. The number of benzene rings is 2. The zero-order valence-corrected chi connectivity index (χ0v) is 13.9. The van der Waals surface area contributed by atoms with E-state index >= 15 is 0 Å². The Bertz CT molecular complexity index is 728. The molecule has 0 heterocycles. The van der Waals surface area contributed by atoms with E-state index in [9.17, 15) is 18.0 Å². The van der Waals surface area contributed by atoms with Gasteiger partial charge in [0.05, 0.1) is 11.1 Å². The number of carbonyl (C=O) groups excluding carboxylic acids is 1. The Morgan fingerprint density at radius 2 is 1.75 bits per heavy atom. The average Bonchev–Trinajstić information content (AvgIpc) is 2.52. The maximum absolute atomic E-state index is 12.6. The van der Waals surface area contributed by atoms with Gasteiger partial charge in [0, 0.05) is 31.4 Å². The lowest BCUT2D eigenvalue weighted by Crippen LogP contribution is -2.23. The molecule has 0 unspecified atom stereocenters. The van der Waals surface area contributed by atoms with Gasteiger partial charge in [-0.25, -0.2) is 0 Å². The summed E-state index contributed by atoms with van der Waals surface area (Å²) in [7, 11) is 3.27. The molecular weight excluding hydrogens is 341 g/mol. The van der Waals surface area contributed by atoms with Crippen LogP contribution in [0.2, 0.25) is 5.02 Å². The van der Waals surface area contributed by atoms with Crippen molar-refractivity contribution in [1.82, 2.24) is 4.90 Å². The van der Waals surface area contributed by atoms with Crippen molar-refractivity contribution in [3.8, 4) is 0 Å². The Morgan fingerprint density at radius 1 is 1.12 bits per heavy atom. The highest BCUT2D eigenvalue weighted by Gasteiger charge is 2.29. The number of alkyl halides is 3. The highest BCUT2D eigenvalue weighted by molar-refractivity contribution is 6.31. The largest absolute Gasteiger partial charge is 0.416 e. The van der Waals surface area contributed by atoms with Gasteiger partial charge in [0.25, 0.3) is 5.91 Å². The molecule has 0 aliphatic carbocycles. The number of nitrogens with one attached hydrogen (secondary N) is 1. The number of amides is 1. The molecule has 3 nitrogen and oxygen atoms in total. The molecule has 0 atom stereocenters. The summed E-state index contributed by atoms with van der Waals surface area (Å²) in [5.74, 6) is -0.193. The summed E-state index contributed by atoms with van der Waals surface area (Å²) < 4.78 is 37.7. The molecule has 7 heteroatoms. The van der Waals surface area contributed by atoms with E-state index in [-0.39, 0.29) is 12.5 Å². The summed E-state index contributed by atoms with van der Waals surface area (Å²) in [4.78, 5) is 13.6. The van der Waals surface area contributed by atoms with Gasteiger partial charge in [-0.15, -0.1) is 0 Å². The van der Waals surface area contributed by atoms with E-state index in [1.54, 1.807) is 32.3 Å².